The zero-order valence-corrected chi connectivity index (χ0v) is 5.99. The van der Waals surface area contributed by atoms with Crippen LogP contribution >= 0.6 is 0 Å². The van der Waals surface area contributed by atoms with E-state index in [0.29, 0.717) is 0 Å². The third kappa shape index (κ3) is 1.32. The number of carbonyl (C=O) groups is 2. The van der Waals surface area contributed by atoms with Crippen molar-refractivity contribution in [3.63, 3.8) is 0 Å². The molecule has 1 N–H and O–H groups in total. The molecule has 11 heavy (non-hydrogen) atoms. The first-order chi connectivity index (χ1) is 5.08. The van der Waals surface area contributed by atoms with E-state index < -0.39 is 17.5 Å². The van der Waals surface area contributed by atoms with Crippen molar-refractivity contribution >= 4 is 11.9 Å². The molecule has 0 aromatic rings. The highest BCUT2D eigenvalue weighted by Crippen LogP contribution is 2.20. The van der Waals surface area contributed by atoms with Crippen LogP contribution in [0.15, 0.2) is 0 Å². The van der Waals surface area contributed by atoms with E-state index in [9.17, 15) is 14.7 Å². The van der Waals surface area contributed by atoms with Crippen LogP contribution in [0.1, 0.15) is 6.42 Å². The van der Waals surface area contributed by atoms with Crippen LogP contribution in [0, 0.1) is 0 Å². The highest BCUT2D eigenvalue weighted by Gasteiger charge is 2.46. The molecule has 5 nitrogen and oxygen atoms in total. The lowest BCUT2D eigenvalue weighted by Gasteiger charge is -2.14. The van der Waals surface area contributed by atoms with E-state index in [-0.39, 0.29) is 13.0 Å². The molecule has 0 radical (unpaired) electrons. The summed E-state index contributed by atoms with van der Waals surface area (Å²) in [5, 5.41) is 9.31. The Morgan fingerprint density at radius 2 is 2.45 bits per heavy atom. The van der Waals surface area contributed by atoms with Crippen molar-refractivity contribution in [2.75, 3.05) is 13.7 Å². The second-order valence-electron chi connectivity index (χ2n) is 2.36. The first kappa shape index (κ1) is 8.00. The van der Waals surface area contributed by atoms with Gasteiger partial charge in [-0.2, -0.15) is 0 Å². The van der Waals surface area contributed by atoms with Gasteiger partial charge in [0.15, 0.2) is 0 Å². The molecular weight excluding hydrogens is 152 g/mol. The van der Waals surface area contributed by atoms with E-state index in [1.54, 1.807) is 0 Å². The van der Waals surface area contributed by atoms with E-state index in [1.165, 1.54) is 0 Å². The Balaban J connectivity index is 2.69. The van der Waals surface area contributed by atoms with E-state index in [4.69, 9.17) is 0 Å². The summed E-state index contributed by atoms with van der Waals surface area (Å²) in [5.41, 5.74) is -1.76. The third-order valence-electron chi connectivity index (χ3n) is 1.47. The summed E-state index contributed by atoms with van der Waals surface area (Å²) in [5.74, 6) is -1.42. The SMILES string of the molecule is COC(=O)[C@@]1(O)COC(=O)C1. The lowest BCUT2D eigenvalue weighted by Crippen LogP contribution is -2.40. The van der Waals surface area contributed by atoms with Crippen molar-refractivity contribution in [3.8, 4) is 0 Å². The van der Waals surface area contributed by atoms with E-state index in [1.807, 2.05) is 0 Å². The van der Waals surface area contributed by atoms with Crippen LogP contribution in [0.4, 0.5) is 0 Å². The van der Waals surface area contributed by atoms with Gasteiger partial charge in [-0.3, -0.25) is 4.79 Å². The number of aliphatic hydroxyl groups is 1. The molecule has 0 aromatic heterocycles. The zero-order valence-electron chi connectivity index (χ0n) is 5.99. The molecule has 0 amide bonds. The number of carbonyl (C=O) groups excluding carboxylic acids is 2. The van der Waals surface area contributed by atoms with E-state index >= 15 is 0 Å². The van der Waals surface area contributed by atoms with Crippen molar-refractivity contribution < 1.29 is 24.2 Å². The number of cyclic esters (lactones) is 1. The minimum atomic E-state index is -1.76. The maximum Gasteiger partial charge on any atom is 0.342 e. The van der Waals surface area contributed by atoms with Crippen LogP contribution in [0.25, 0.3) is 0 Å². The number of ether oxygens (including phenoxy) is 2. The molecule has 62 valence electrons. The molecule has 0 saturated carbocycles. The van der Waals surface area contributed by atoms with Gasteiger partial charge >= 0.3 is 11.9 Å². The van der Waals surface area contributed by atoms with Crippen LogP contribution in [-0.2, 0) is 19.1 Å². The van der Waals surface area contributed by atoms with Gasteiger partial charge in [-0.05, 0) is 0 Å². The van der Waals surface area contributed by atoms with Crippen LogP contribution in [0.3, 0.4) is 0 Å². The highest BCUT2D eigenvalue weighted by molar-refractivity contribution is 5.88. The average Bonchev–Trinajstić information content (AvgIpc) is 2.31. The Kier molecular flexibility index (Phi) is 1.82. The summed E-state index contributed by atoms with van der Waals surface area (Å²) < 4.78 is 8.67. The minimum absolute atomic E-state index is 0.307. The van der Waals surface area contributed by atoms with Crippen LogP contribution < -0.4 is 0 Å². The van der Waals surface area contributed by atoms with Crippen molar-refractivity contribution in [3.05, 3.63) is 0 Å². The highest BCUT2D eigenvalue weighted by atomic mass is 16.6. The van der Waals surface area contributed by atoms with E-state index in [2.05, 4.69) is 9.47 Å². The minimum Gasteiger partial charge on any atom is -0.467 e. The topological polar surface area (TPSA) is 72.8 Å². The number of hydrogen-bond donors (Lipinski definition) is 1. The van der Waals surface area contributed by atoms with Gasteiger partial charge in [-0.25, -0.2) is 4.79 Å². The average molecular weight is 160 g/mol. The Hall–Kier alpha value is -1.10. The maximum absolute atomic E-state index is 10.8. The predicted octanol–water partition coefficient (Wildman–Crippen LogP) is -1.16. The molecular formula is C6H8O5. The second-order valence-corrected chi connectivity index (χ2v) is 2.36. The van der Waals surface area contributed by atoms with Crippen LogP contribution in [-0.4, -0.2) is 36.4 Å². The first-order valence-electron chi connectivity index (χ1n) is 3.05. The van der Waals surface area contributed by atoms with Gasteiger partial charge in [0.2, 0.25) is 5.60 Å². The van der Waals surface area contributed by atoms with Crippen molar-refractivity contribution in [1.29, 1.82) is 0 Å². The van der Waals surface area contributed by atoms with Gasteiger partial charge in [0.05, 0.1) is 13.5 Å². The summed E-state index contributed by atoms with van der Waals surface area (Å²) >= 11 is 0. The molecule has 1 atom stereocenters. The van der Waals surface area contributed by atoms with Gasteiger partial charge in [-0.1, -0.05) is 0 Å². The number of methoxy groups -OCH3 is 1. The third-order valence-corrected chi connectivity index (χ3v) is 1.47. The Morgan fingerprint density at radius 3 is 2.82 bits per heavy atom. The summed E-state index contributed by atoms with van der Waals surface area (Å²) in [7, 11) is 1.14. The van der Waals surface area contributed by atoms with Crippen LogP contribution in [0.5, 0.6) is 0 Å². The summed E-state index contributed by atoms with van der Waals surface area (Å²) in [6, 6.07) is 0. The largest absolute Gasteiger partial charge is 0.467 e. The molecule has 1 aliphatic heterocycles. The monoisotopic (exact) mass is 160 g/mol. The fourth-order valence-corrected chi connectivity index (χ4v) is 0.862. The molecule has 0 bridgehead atoms. The molecule has 0 aromatic carbocycles. The molecule has 1 heterocycles. The zero-order chi connectivity index (χ0) is 8.48. The second kappa shape index (κ2) is 2.50. The lowest BCUT2D eigenvalue weighted by molar-refractivity contribution is -0.161. The van der Waals surface area contributed by atoms with Gasteiger partial charge in [-0.15, -0.1) is 0 Å². The Morgan fingerprint density at radius 1 is 1.82 bits per heavy atom. The molecule has 5 heteroatoms. The quantitative estimate of drug-likeness (QED) is 0.490. The fraction of sp³-hybridized carbons (Fsp3) is 0.667. The number of esters is 2. The van der Waals surface area contributed by atoms with Crippen molar-refractivity contribution in [1.82, 2.24) is 0 Å². The molecule has 1 aliphatic rings. The summed E-state index contributed by atoms with van der Waals surface area (Å²) in [6.45, 7) is -0.307. The summed E-state index contributed by atoms with van der Waals surface area (Å²) in [4.78, 5) is 21.3. The standard InChI is InChI=1S/C6H8O5/c1-10-5(8)6(9)2-4(7)11-3-6/h9H,2-3H2,1H3/t6-/m0/s1. The Bertz CT molecular complexity index is 199. The normalized spacial score (nSPS) is 29.8. The molecule has 1 fully saturated rings. The van der Waals surface area contributed by atoms with Gasteiger partial charge in [0.1, 0.15) is 6.61 Å². The van der Waals surface area contributed by atoms with E-state index in [0.717, 1.165) is 7.11 Å². The lowest BCUT2D eigenvalue weighted by atomic mass is 10.0. The predicted molar refractivity (Wildman–Crippen MR) is 32.5 cm³/mol. The fourth-order valence-electron chi connectivity index (χ4n) is 0.862. The molecule has 0 aliphatic carbocycles. The van der Waals surface area contributed by atoms with Crippen molar-refractivity contribution in [2.45, 2.75) is 12.0 Å². The molecule has 1 saturated heterocycles. The first-order valence-corrected chi connectivity index (χ1v) is 3.05. The van der Waals surface area contributed by atoms with Gasteiger partial charge in [0.25, 0.3) is 0 Å². The Labute approximate surface area is 62.9 Å². The number of rotatable bonds is 1. The smallest absolute Gasteiger partial charge is 0.342 e. The molecule has 0 spiro atoms. The number of hydrogen-bond acceptors (Lipinski definition) is 5. The van der Waals surface area contributed by atoms with Gasteiger partial charge < -0.3 is 14.6 Å². The molecule has 0 unspecified atom stereocenters. The summed E-state index contributed by atoms with van der Waals surface area (Å²) in [6.07, 6.45) is -0.320. The van der Waals surface area contributed by atoms with Gasteiger partial charge in [0, 0.05) is 0 Å². The molecule has 1 rings (SSSR count). The van der Waals surface area contributed by atoms with Crippen molar-refractivity contribution in [2.24, 2.45) is 0 Å². The maximum atomic E-state index is 10.8. The van der Waals surface area contributed by atoms with Crippen LogP contribution in [0.2, 0.25) is 0 Å².